The Hall–Kier alpha value is -0.340. The molecular formula is C13H23NO. The van der Waals surface area contributed by atoms with Gasteiger partial charge in [0.2, 0.25) is 0 Å². The fourth-order valence-corrected chi connectivity index (χ4v) is 3.17. The van der Waals surface area contributed by atoms with Crippen LogP contribution in [0.2, 0.25) is 0 Å². The van der Waals surface area contributed by atoms with Crippen LogP contribution in [-0.2, 0) is 0 Å². The SMILES string of the molecule is C/C1=C/CC2(N)CCCC(O)(CCC1)C2. The largest absolute Gasteiger partial charge is 0.390 e. The van der Waals surface area contributed by atoms with Crippen molar-refractivity contribution in [2.75, 3.05) is 0 Å². The third kappa shape index (κ3) is 2.61. The Kier molecular flexibility index (Phi) is 2.91. The molecule has 0 heterocycles. The number of allylic oxidation sites excluding steroid dienone is 1. The molecule has 0 aromatic rings. The zero-order valence-corrected chi connectivity index (χ0v) is 9.76. The van der Waals surface area contributed by atoms with Gasteiger partial charge in [-0.05, 0) is 58.3 Å². The molecule has 0 aliphatic heterocycles. The molecule has 1 fully saturated rings. The second-order valence-electron chi connectivity index (χ2n) is 5.73. The van der Waals surface area contributed by atoms with Crippen molar-refractivity contribution in [2.45, 2.75) is 69.4 Å². The summed E-state index contributed by atoms with van der Waals surface area (Å²) in [4.78, 5) is 0. The fraction of sp³-hybridized carbons (Fsp3) is 0.846. The van der Waals surface area contributed by atoms with Gasteiger partial charge >= 0.3 is 0 Å². The molecule has 15 heavy (non-hydrogen) atoms. The third-order valence-corrected chi connectivity index (χ3v) is 4.07. The van der Waals surface area contributed by atoms with E-state index in [2.05, 4.69) is 13.0 Å². The van der Waals surface area contributed by atoms with Crippen LogP contribution in [0.1, 0.15) is 58.3 Å². The minimum atomic E-state index is -0.467. The van der Waals surface area contributed by atoms with Gasteiger partial charge < -0.3 is 10.8 Å². The summed E-state index contributed by atoms with van der Waals surface area (Å²) in [6.45, 7) is 2.18. The summed E-state index contributed by atoms with van der Waals surface area (Å²) in [7, 11) is 0. The maximum Gasteiger partial charge on any atom is 0.0665 e. The van der Waals surface area contributed by atoms with Gasteiger partial charge in [-0.1, -0.05) is 11.6 Å². The molecule has 2 aliphatic rings. The van der Waals surface area contributed by atoms with Gasteiger partial charge in [0.15, 0.2) is 0 Å². The van der Waals surface area contributed by atoms with Gasteiger partial charge in [0.1, 0.15) is 0 Å². The molecule has 1 saturated carbocycles. The van der Waals surface area contributed by atoms with Crippen LogP contribution in [0.25, 0.3) is 0 Å². The fourth-order valence-electron chi connectivity index (χ4n) is 3.17. The monoisotopic (exact) mass is 209 g/mol. The summed E-state index contributed by atoms with van der Waals surface area (Å²) < 4.78 is 0. The zero-order chi connectivity index (χ0) is 10.9. The molecule has 2 bridgehead atoms. The van der Waals surface area contributed by atoms with Crippen LogP contribution in [0.15, 0.2) is 11.6 Å². The Bertz CT molecular complexity index is 274. The maximum atomic E-state index is 10.5. The molecule has 2 nitrogen and oxygen atoms in total. The standard InChI is InChI=1S/C13H23NO/c1-11-4-2-7-13(15)8-3-6-12(14,10-13)9-5-11/h5,15H,2-4,6-10,14H2,1H3/b11-5-. The lowest BCUT2D eigenvalue weighted by Gasteiger charge is -2.42. The molecule has 0 aromatic carbocycles. The highest BCUT2D eigenvalue weighted by Crippen LogP contribution is 2.40. The van der Waals surface area contributed by atoms with Gasteiger partial charge in [0.25, 0.3) is 0 Å². The lowest BCUT2D eigenvalue weighted by Crippen LogP contribution is -2.51. The average molecular weight is 209 g/mol. The van der Waals surface area contributed by atoms with E-state index >= 15 is 0 Å². The Morgan fingerprint density at radius 3 is 2.80 bits per heavy atom. The lowest BCUT2D eigenvalue weighted by molar-refractivity contribution is -0.0306. The first-order chi connectivity index (χ1) is 7.02. The highest BCUT2D eigenvalue weighted by molar-refractivity contribution is 5.08. The number of fused-ring (bicyclic) bond motifs is 2. The number of aliphatic hydroxyl groups is 1. The molecular weight excluding hydrogens is 186 g/mol. The van der Waals surface area contributed by atoms with Gasteiger partial charge in [-0.2, -0.15) is 0 Å². The zero-order valence-electron chi connectivity index (χ0n) is 9.76. The summed E-state index contributed by atoms with van der Waals surface area (Å²) in [6, 6.07) is 0. The van der Waals surface area contributed by atoms with Crippen molar-refractivity contribution in [3.05, 3.63) is 11.6 Å². The van der Waals surface area contributed by atoms with Gasteiger partial charge in [-0.25, -0.2) is 0 Å². The summed E-state index contributed by atoms with van der Waals surface area (Å²) in [5.74, 6) is 0. The van der Waals surface area contributed by atoms with Crippen LogP contribution < -0.4 is 5.73 Å². The summed E-state index contributed by atoms with van der Waals surface area (Å²) in [6.07, 6.45) is 10.3. The summed E-state index contributed by atoms with van der Waals surface area (Å²) >= 11 is 0. The van der Waals surface area contributed by atoms with Crippen molar-refractivity contribution in [3.8, 4) is 0 Å². The van der Waals surface area contributed by atoms with Gasteiger partial charge in [0, 0.05) is 5.54 Å². The first kappa shape index (κ1) is 11.2. The molecule has 0 aromatic heterocycles. The van der Waals surface area contributed by atoms with E-state index in [1.807, 2.05) is 0 Å². The van der Waals surface area contributed by atoms with Crippen LogP contribution >= 0.6 is 0 Å². The van der Waals surface area contributed by atoms with Crippen molar-refractivity contribution < 1.29 is 5.11 Å². The normalized spacial score (nSPS) is 45.9. The minimum Gasteiger partial charge on any atom is -0.390 e. The molecule has 2 aliphatic carbocycles. The number of nitrogens with two attached hydrogens (primary N) is 1. The maximum absolute atomic E-state index is 10.5. The third-order valence-electron chi connectivity index (χ3n) is 4.07. The molecule has 0 spiro atoms. The van der Waals surface area contributed by atoms with E-state index in [-0.39, 0.29) is 5.54 Å². The minimum absolute atomic E-state index is 0.140. The molecule has 3 N–H and O–H groups in total. The van der Waals surface area contributed by atoms with Crippen molar-refractivity contribution in [3.63, 3.8) is 0 Å². The second-order valence-corrected chi connectivity index (χ2v) is 5.73. The molecule has 0 radical (unpaired) electrons. The van der Waals surface area contributed by atoms with Crippen molar-refractivity contribution in [2.24, 2.45) is 5.73 Å². The van der Waals surface area contributed by atoms with Crippen LogP contribution in [-0.4, -0.2) is 16.2 Å². The Balaban J connectivity index is 2.18. The van der Waals surface area contributed by atoms with Gasteiger partial charge in [0.05, 0.1) is 5.60 Å². The van der Waals surface area contributed by atoms with Crippen molar-refractivity contribution >= 4 is 0 Å². The van der Waals surface area contributed by atoms with E-state index in [0.29, 0.717) is 0 Å². The molecule has 0 amide bonds. The number of hydrogen-bond acceptors (Lipinski definition) is 2. The van der Waals surface area contributed by atoms with E-state index in [0.717, 1.165) is 51.4 Å². The molecule has 2 unspecified atom stereocenters. The number of rotatable bonds is 0. The van der Waals surface area contributed by atoms with Crippen LogP contribution in [0.5, 0.6) is 0 Å². The molecule has 2 heteroatoms. The predicted octanol–water partition coefficient (Wildman–Crippen LogP) is 2.51. The van der Waals surface area contributed by atoms with Gasteiger partial charge in [-0.3, -0.25) is 0 Å². The van der Waals surface area contributed by atoms with E-state index in [1.165, 1.54) is 5.57 Å². The van der Waals surface area contributed by atoms with Crippen molar-refractivity contribution in [1.29, 1.82) is 0 Å². The van der Waals surface area contributed by atoms with Crippen LogP contribution in [0, 0.1) is 0 Å². The molecule has 2 rings (SSSR count). The average Bonchev–Trinajstić information content (AvgIpc) is 2.16. The predicted molar refractivity (Wildman–Crippen MR) is 62.6 cm³/mol. The van der Waals surface area contributed by atoms with E-state index < -0.39 is 5.60 Å². The topological polar surface area (TPSA) is 46.2 Å². The lowest BCUT2D eigenvalue weighted by atomic mass is 9.71. The smallest absolute Gasteiger partial charge is 0.0665 e. The van der Waals surface area contributed by atoms with Gasteiger partial charge in [-0.15, -0.1) is 0 Å². The highest BCUT2D eigenvalue weighted by atomic mass is 16.3. The molecule has 0 saturated heterocycles. The van der Waals surface area contributed by atoms with E-state index in [1.54, 1.807) is 0 Å². The van der Waals surface area contributed by atoms with Crippen molar-refractivity contribution in [1.82, 2.24) is 0 Å². The Morgan fingerprint density at radius 2 is 2.00 bits per heavy atom. The summed E-state index contributed by atoms with van der Waals surface area (Å²) in [5, 5.41) is 10.5. The second kappa shape index (κ2) is 3.91. The first-order valence-corrected chi connectivity index (χ1v) is 6.18. The highest BCUT2D eigenvalue weighted by Gasteiger charge is 2.40. The van der Waals surface area contributed by atoms with Crippen LogP contribution in [0.4, 0.5) is 0 Å². The number of hydrogen-bond donors (Lipinski definition) is 2. The van der Waals surface area contributed by atoms with Crippen LogP contribution in [0.3, 0.4) is 0 Å². The first-order valence-electron chi connectivity index (χ1n) is 6.18. The summed E-state index contributed by atoms with van der Waals surface area (Å²) in [5.41, 5.74) is 7.22. The Morgan fingerprint density at radius 1 is 1.27 bits per heavy atom. The van der Waals surface area contributed by atoms with E-state index in [9.17, 15) is 5.11 Å². The Labute approximate surface area is 92.6 Å². The molecule has 86 valence electrons. The quantitative estimate of drug-likeness (QED) is 0.602. The molecule has 2 atom stereocenters. The van der Waals surface area contributed by atoms with E-state index in [4.69, 9.17) is 5.73 Å².